The van der Waals surface area contributed by atoms with Crippen molar-refractivity contribution < 1.29 is 17.9 Å². The van der Waals surface area contributed by atoms with Gasteiger partial charge in [0, 0.05) is 24.3 Å². The van der Waals surface area contributed by atoms with E-state index in [1.165, 1.54) is 0 Å². The van der Waals surface area contributed by atoms with Gasteiger partial charge in [-0.2, -0.15) is 0 Å². The highest BCUT2D eigenvalue weighted by Crippen LogP contribution is 2.19. The van der Waals surface area contributed by atoms with Gasteiger partial charge in [0.05, 0.1) is 12.4 Å². The van der Waals surface area contributed by atoms with Crippen LogP contribution in [-0.2, 0) is 15.8 Å². The summed E-state index contributed by atoms with van der Waals surface area (Å²) in [4.78, 5) is 12.4. The monoisotopic (exact) mass is 402 g/mol. The van der Waals surface area contributed by atoms with Crippen molar-refractivity contribution in [2.75, 3.05) is 25.0 Å². The van der Waals surface area contributed by atoms with Crippen LogP contribution < -0.4 is 10.1 Å². The number of sulfonamides is 1. The number of hydrogen-bond donors (Lipinski definition) is 1. The van der Waals surface area contributed by atoms with E-state index in [-0.39, 0.29) is 11.7 Å². The van der Waals surface area contributed by atoms with E-state index in [0.717, 1.165) is 25.0 Å². The fourth-order valence-corrected chi connectivity index (χ4v) is 4.81. The summed E-state index contributed by atoms with van der Waals surface area (Å²) in [6, 6.07) is 13.9. The number of rotatable bonds is 7. The normalized spacial score (nSPS) is 15.2. The van der Waals surface area contributed by atoms with Crippen LogP contribution in [0.15, 0.2) is 48.5 Å². The lowest BCUT2D eigenvalue weighted by atomic mass is 10.1. The Morgan fingerprint density at radius 1 is 1.00 bits per heavy atom. The maximum atomic E-state index is 12.5. The highest BCUT2D eigenvalue weighted by atomic mass is 32.2. The highest BCUT2D eigenvalue weighted by Gasteiger charge is 2.24. The van der Waals surface area contributed by atoms with Gasteiger partial charge in [0.25, 0.3) is 5.91 Å². The van der Waals surface area contributed by atoms with Crippen molar-refractivity contribution in [2.45, 2.75) is 31.9 Å². The van der Waals surface area contributed by atoms with E-state index < -0.39 is 10.0 Å². The van der Waals surface area contributed by atoms with Crippen LogP contribution in [-0.4, -0.2) is 38.3 Å². The van der Waals surface area contributed by atoms with E-state index in [0.29, 0.717) is 36.5 Å². The summed E-state index contributed by atoms with van der Waals surface area (Å²) in [6.07, 6.45) is 2.93. The summed E-state index contributed by atoms with van der Waals surface area (Å²) in [6.45, 7) is 3.71. The zero-order chi connectivity index (χ0) is 20.0. The number of ether oxygens (including phenoxy) is 1. The van der Waals surface area contributed by atoms with Crippen LogP contribution >= 0.6 is 0 Å². The number of carbonyl (C=O) groups excluding carboxylic acids is 1. The van der Waals surface area contributed by atoms with Crippen molar-refractivity contribution in [3.05, 3.63) is 59.7 Å². The number of amides is 1. The van der Waals surface area contributed by atoms with Crippen LogP contribution in [0.5, 0.6) is 5.75 Å². The summed E-state index contributed by atoms with van der Waals surface area (Å²) in [7, 11) is -3.31. The molecule has 1 amide bonds. The molecule has 0 radical (unpaired) electrons. The van der Waals surface area contributed by atoms with Gasteiger partial charge in [0.15, 0.2) is 0 Å². The predicted octanol–water partition coefficient (Wildman–Crippen LogP) is 3.65. The number of nitrogens with one attached hydrogen (secondary N) is 1. The minimum absolute atomic E-state index is 0.0339. The molecule has 2 aromatic rings. The summed E-state index contributed by atoms with van der Waals surface area (Å²) in [5.74, 6) is 0.475. The van der Waals surface area contributed by atoms with Crippen LogP contribution in [0.3, 0.4) is 0 Å². The number of piperidine rings is 1. The molecule has 28 heavy (non-hydrogen) atoms. The second-order valence-corrected chi connectivity index (χ2v) is 8.79. The molecule has 0 saturated carbocycles. The van der Waals surface area contributed by atoms with Gasteiger partial charge in [-0.1, -0.05) is 18.6 Å². The Labute approximate surface area is 166 Å². The molecule has 7 heteroatoms. The Morgan fingerprint density at radius 2 is 1.64 bits per heavy atom. The second-order valence-electron chi connectivity index (χ2n) is 6.82. The third-order valence-electron chi connectivity index (χ3n) is 4.70. The quantitative estimate of drug-likeness (QED) is 0.767. The number of nitrogens with zero attached hydrogens (tertiary/aromatic N) is 1. The van der Waals surface area contributed by atoms with E-state index >= 15 is 0 Å². The fourth-order valence-electron chi connectivity index (χ4n) is 3.20. The molecular weight excluding hydrogens is 376 g/mol. The maximum Gasteiger partial charge on any atom is 0.255 e. The van der Waals surface area contributed by atoms with Gasteiger partial charge in [-0.25, -0.2) is 12.7 Å². The Bertz CT molecular complexity index is 887. The fraction of sp³-hybridized carbons (Fsp3) is 0.381. The molecule has 1 fully saturated rings. The van der Waals surface area contributed by atoms with Gasteiger partial charge >= 0.3 is 0 Å². The second kappa shape index (κ2) is 9.21. The summed E-state index contributed by atoms with van der Waals surface area (Å²) in [5, 5.41) is 2.83. The number of carbonyl (C=O) groups is 1. The zero-order valence-corrected chi connectivity index (χ0v) is 16.9. The smallest absolute Gasteiger partial charge is 0.255 e. The average molecular weight is 403 g/mol. The molecule has 0 unspecified atom stereocenters. The number of hydrogen-bond acceptors (Lipinski definition) is 4. The van der Waals surface area contributed by atoms with Gasteiger partial charge in [-0.15, -0.1) is 0 Å². The van der Waals surface area contributed by atoms with Crippen LogP contribution in [0.25, 0.3) is 0 Å². The van der Waals surface area contributed by atoms with E-state index in [2.05, 4.69) is 5.32 Å². The van der Waals surface area contributed by atoms with Crippen LogP contribution in [0, 0.1) is 0 Å². The Morgan fingerprint density at radius 3 is 2.25 bits per heavy atom. The van der Waals surface area contributed by atoms with E-state index in [4.69, 9.17) is 4.74 Å². The maximum absolute atomic E-state index is 12.5. The Kier molecular flexibility index (Phi) is 6.70. The average Bonchev–Trinajstić information content (AvgIpc) is 2.70. The van der Waals surface area contributed by atoms with Crippen LogP contribution in [0.2, 0.25) is 0 Å². The molecule has 1 heterocycles. The first-order valence-electron chi connectivity index (χ1n) is 9.59. The third-order valence-corrected chi connectivity index (χ3v) is 6.55. The van der Waals surface area contributed by atoms with Crippen molar-refractivity contribution in [2.24, 2.45) is 0 Å². The zero-order valence-electron chi connectivity index (χ0n) is 16.1. The highest BCUT2D eigenvalue weighted by molar-refractivity contribution is 7.88. The molecule has 1 saturated heterocycles. The van der Waals surface area contributed by atoms with Crippen LogP contribution in [0.1, 0.15) is 42.1 Å². The molecule has 0 bridgehead atoms. The number of benzene rings is 2. The lowest BCUT2D eigenvalue weighted by molar-refractivity contribution is 0.102. The standard InChI is InChI=1S/C21H26N2O4S/c1-2-27-20-12-10-19(11-13-20)22-21(24)18-8-6-17(7-9-18)16-28(25,26)23-14-4-3-5-15-23/h6-13H,2-5,14-16H2,1H3,(H,22,24). The van der Waals surface area contributed by atoms with Crippen molar-refractivity contribution >= 4 is 21.6 Å². The molecule has 1 aliphatic rings. The van der Waals surface area contributed by atoms with Crippen molar-refractivity contribution in [1.29, 1.82) is 0 Å². The molecule has 0 spiro atoms. The molecule has 2 aromatic carbocycles. The lowest BCUT2D eigenvalue weighted by Crippen LogP contribution is -2.36. The number of anilines is 1. The van der Waals surface area contributed by atoms with Gasteiger partial charge in [-0.05, 0) is 61.7 Å². The molecule has 150 valence electrons. The molecule has 3 rings (SSSR count). The predicted molar refractivity (Wildman–Crippen MR) is 110 cm³/mol. The third kappa shape index (κ3) is 5.33. The SMILES string of the molecule is CCOc1ccc(NC(=O)c2ccc(CS(=O)(=O)N3CCCCC3)cc2)cc1. The van der Waals surface area contributed by atoms with Crippen molar-refractivity contribution in [1.82, 2.24) is 4.31 Å². The van der Waals surface area contributed by atoms with E-state index in [9.17, 15) is 13.2 Å². The summed E-state index contributed by atoms with van der Waals surface area (Å²) < 4.78 is 32.0. The van der Waals surface area contributed by atoms with E-state index in [1.54, 1.807) is 52.8 Å². The molecular formula is C21H26N2O4S. The summed E-state index contributed by atoms with van der Waals surface area (Å²) >= 11 is 0. The minimum atomic E-state index is -3.31. The van der Waals surface area contributed by atoms with Gasteiger partial charge in [0.2, 0.25) is 10.0 Å². The lowest BCUT2D eigenvalue weighted by Gasteiger charge is -2.25. The first-order valence-corrected chi connectivity index (χ1v) is 11.2. The molecule has 1 aliphatic heterocycles. The first-order chi connectivity index (χ1) is 13.5. The molecule has 0 atom stereocenters. The van der Waals surface area contributed by atoms with Crippen molar-refractivity contribution in [3.63, 3.8) is 0 Å². The summed E-state index contributed by atoms with van der Waals surface area (Å²) in [5.41, 5.74) is 1.83. The molecule has 1 N–H and O–H groups in total. The van der Waals surface area contributed by atoms with Gasteiger partial charge in [0.1, 0.15) is 5.75 Å². The molecule has 6 nitrogen and oxygen atoms in total. The Hall–Kier alpha value is -2.38. The molecule has 0 aromatic heterocycles. The van der Waals surface area contributed by atoms with E-state index in [1.807, 2.05) is 6.92 Å². The molecule has 0 aliphatic carbocycles. The topological polar surface area (TPSA) is 75.7 Å². The first kappa shape index (κ1) is 20.4. The Balaban J connectivity index is 1.60. The largest absolute Gasteiger partial charge is 0.494 e. The van der Waals surface area contributed by atoms with Crippen molar-refractivity contribution in [3.8, 4) is 5.75 Å². The van der Waals surface area contributed by atoms with Crippen LogP contribution in [0.4, 0.5) is 5.69 Å². The van der Waals surface area contributed by atoms with Gasteiger partial charge in [-0.3, -0.25) is 4.79 Å². The minimum Gasteiger partial charge on any atom is -0.494 e. The van der Waals surface area contributed by atoms with Gasteiger partial charge < -0.3 is 10.1 Å².